The zero-order valence-electron chi connectivity index (χ0n) is 8.13. The molecule has 0 fully saturated rings. The molecule has 0 unspecified atom stereocenters. The highest BCUT2D eigenvalue weighted by Gasteiger charge is 2.35. The monoisotopic (exact) mass is 383 g/mol. The van der Waals surface area contributed by atoms with Crippen LogP contribution in [0.1, 0.15) is 22.3 Å². The van der Waals surface area contributed by atoms with Crippen LogP contribution in [0.15, 0.2) is 6.20 Å². The average molecular weight is 383 g/mol. The molecule has 1 aromatic heterocycles. The van der Waals surface area contributed by atoms with E-state index < -0.39 is 39.3 Å². The van der Waals surface area contributed by atoms with Crippen LogP contribution >= 0.6 is 22.6 Å². The Kier molecular flexibility index (Phi) is 4.29. The number of nitrogens with zero attached hydrogens (tertiary/aromatic N) is 1. The summed E-state index contributed by atoms with van der Waals surface area (Å²) in [5, 5.41) is 8.62. The van der Waals surface area contributed by atoms with Crippen molar-refractivity contribution in [2.24, 2.45) is 0 Å². The summed E-state index contributed by atoms with van der Waals surface area (Å²) in [7, 11) is 0. The summed E-state index contributed by atoms with van der Waals surface area (Å²) in [5.74, 6) is -2.82. The predicted molar refractivity (Wildman–Crippen MR) is 55.6 cm³/mol. The highest BCUT2D eigenvalue weighted by molar-refractivity contribution is 14.1. The number of hydrogen-bond acceptors (Lipinski definition) is 3. The molecular formula is C8H3F5INO3. The third-order valence-electron chi connectivity index (χ3n) is 1.69. The summed E-state index contributed by atoms with van der Waals surface area (Å²) >= 11 is 1.12. The number of carboxylic acid groups (broad SMARTS) is 1. The normalized spacial score (nSPS) is 11.7. The molecule has 0 atom stereocenters. The van der Waals surface area contributed by atoms with E-state index in [1.165, 1.54) is 0 Å². The maximum atomic E-state index is 12.6. The number of alkyl halides is 5. The lowest BCUT2D eigenvalue weighted by Crippen LogP contribution is -2.20. The molecule has 0 bridgehead atoms. The Labute approximate surface area is 110 Å². The summed E-state index contributed by atoms with van der Waals surface area (Å²) in [6.45, 7) is 0. The second-order valence-corrected chi connectivity index (χ2v) is 3.94. The van der Waals surface area contributed by atoms with Crippen molar-refractivity contribution in [3.8, 4) is 5.88 Å². The topological polar surface area (TPSA) is 59.4 Å². The van der Waals surface area contributed by atoms with E-state index >= 15 is 0 Å². The number of pyridine rings is 1. The third kappa shape index (κ3) is 3.40. The molecule has 1 N–H and O–H groups in total. The number of hydrogen-bond donors (Lipinski definition) is 1. The Morgan fingerprint density at radius 2 is 2.00 bits per heavy atom. The van der Waals surface area contributed by atoms with Crippen LogP contribution in [0.3, 0.4) is 0 Å². The Morgan fingerprint density at radius 1 is 1.44 bits per heavy atom. The maximum Gasteiger partial charge on any atom is 0.574 e. The molecule has 0 aliphatic carbocycles. The highest BCUT2D eigenvalue weighted by Crippen LogP contribution is 2.34. The van der Waals surface area contributed by atoms with Crippen molar-refractivity contribution in [3.63, 3.8) is 0 Å². The summed E-state index contributed by atoms with van der Waals surface area (Å²) in [5.41, 5.74) is -1.93. The van der Waals surface area contributed by atoms with Crippen LogP contribution in [-0.2, 0) is 0 Å². The van der Waals surface area contributed by atoms with E-state index in [-0.39, 0.29) is 0 Å². The second-order valence-electron chi connectivity index (χ2n) is 2.86. The Balaban J connectivity index is 3.35. The Morgan fingerprint density at radius 3 is 2.39 bits per heavy atom. The van der Waals surface area contributed by atoms with Gasteiger partial charge in [-0.2, -0.15) is 0 Å². The minimum absolute atomic E-state index is 0.396. The van der Waals surface area contributed by atoms with Gasteiger partial charge < -0.3 is 9.84 Å². The van der Waals surface area contributed by atoms with Crippen LogP contribution in [0.5, 0.6) is 5.88 Å². The summed E-state index contributed by atoms with van der Waals surface area (Å²) in [6, 6.07) is 0. The second kappa shape index (κ2) is 5.20. The predicted octanol–water partition coefficient (Wildman–Crippen LogP) is 3.22. The fraction of sp³-hybridized carbons (Fsp3) is 0.250. The molecule has 18 heavy (non-hydrogen) atoms. The summed E-state index contributed by atoms with van der Waals surface area (Å²) in [6.07, 6.45) is -7.97. The lowest BCUT2D eigenvalue weighted by molar-refractivity contribution is -0.276. The largest absolute Gasteiger partial charge is 0.574 e. The van der Waals surface area contributed by atoms with E-state index in [1.807, 2.05) is 0 Å². The standard InChI is InChI=1S/C8H3F5INO3/c9-5(10)3-2(7(16)17)1-15-6(4(3)14)18-8(11,12)13/h1,5H,(H,16,17). The number of ether oxygens (including phenoxy) is 1. The van der Waals surface area contributed by atoms with Crippen molar-refractivity contribution in [2.45, 2.75) is 12.8 Å². The molecule has 0 saturated carbocycles. The Bertz CT molecular complexity index is 477. The maximum absolute atomic E-state index is 12.6. The number of aromatic nitrogens is 1. The molecule has 1 aromatic rings. The van der Waals surface area contributed by atoms with Crippen LogP contribution in [0.2, 0.25) is 0 Å². The van der Waals surface area contributed by atoms with Crippen molar-refractivity contribution in [2.75, 3.05) is 0 Å². The third-order valence-corrected chi connectivity index (χ3v) is 2.73. The van der Waals surface area contributed by atoms with Crippen molar-refractivity contribution in [1.82, 2.24) is 4.98 Å². The molecule has 0 amide bonds. The summed E-state index contributed by atoms with van der Waals surface area (Å²) in [4.78, 5) is 13.7. The van der Waals surface area contributed by atoms with Crippen molar-refractivity contribution in [3.05, 3.63) is 20.9 Å². The molecular weight excluding hydrogens is 380 g/mol. The zero-order chi connectivity index (χ0) is 14.1. The zero-order valence-corrected chi connectivity index (χ0v) is 10.3. The number of carbonyl (C=O) groups is 1. The highest BCUT2D eigenvalue weighted by atomic mass is 127. The van der Waals surface area contributed by atoms with Gasteiger partial charge >= 0.3 is 12.3 Å². The van der Waals surface area contributed by atoms with E-state index in [1.54, 1.807) is 0 Å². The quantitative estimate of drug-likeness (QED) is 0.644. The van der Waals surface area contributed by atoms with Crippen LogP contribution in [0.25, 0.3) is 0 Å². The van der Waals surface area contributed by atoms with Gasteiger partial charge in [-0.1, -0.05) is 0 Å². The van der Waals surface area contributed by atoms with Crippen molar-refractivity contribution in [1.29, 1.82) is 0 Å². The lowest BCUT2D eigenvalue weighted by Gasteiger charge is -2.13. The lowest BCUT2D eigenvalue weighted by atomic mass is 10.1. The van der Waals surface area contributed by atoms with Gasteiger partial charge in [0.15, 0.2) is 0 Å². The SMILES string of the molecule is O=C(O)c1cnc(OC(F)(F)F)c(I)c1C(F)F. The molecule has 0 saturated heterocycles. The van der Waals surface area contributed by atoms with Crippen LogP contribution in [0, 0.1) is 3.57 Å². The molecule has 0 radical (unpaired) electrons. The van der Waals surface area contributed by atoms with Gasteiger partial charge in [0.2, 0.25) is 5.88 Å². The molecule has 1 rings (SSSR count). The van der Waals surface area contributed by atoms with E-state index in [0.29, 0.717) is 6.20 Å². The molecule has 0 aromatic carbocycles. The Hall–Kier alpha value is -1.20. The molecule has 1 heterocycles. The molecule has 4 nitrogen and oxygen atoms in total. The molecule has 0 aliphatic rings. The number of aromatic carboxylic acids is 1. The first-order valence-electron chi connectivity index (χ1n) is 4.09. The fourth-order valence-electron chi connectivity index (χ4n) is 1.05. The van der Waals surface area contributed by atoms with E-state index in [2.05, 4.69) is 9.72 Å². The van der Waals surface area contributed by atoms with Crippen molar-refractivity contribution < 1.29 is 36.6 Å². The van der Waals surface area contributed by atoms with Gasteiger partial charge in [-0.05, 0) is 22.6 Å². The van der Waals surface area contributed by atoms with Crippen LogP contribution in [-0.4, -0.2) is 22.4 Å². The van der Waals surface area contributed by atoms with Gasteiger partial charge in [-0.15, -0.1) is 13.2 Å². The smallest absolute Gasteiger partial charge is 0.478 e. The van der Waals surface area contributed by atoms with Gasteiger partial charge in [0.1, 0.15) is 0 Å². The van der Waals surface area contributed by atoms with E-state index in [0.717, 1.165) is 22.6 Å². The minimum Gasteiger partial charge on any atom is -0.478 e. The molecule has 100 valence electrons. The van der Waals surface area contributed by atoms with Gasteiger partial charge in [0, 0.05) is 6.20 Å². The minimum atomic E-state index is -5.10. The fourth-order valence-corrected chi connectivity index (χ4v) is 1.82. The first-order chi connectivity index (χ1) is 8.13. The number of carboxylic acids is 1. The number of rotatable bonds is 3. The van der Waals surface area contributed by atoms with Crippen LogP contribution < -0.4 is 4.74 Å². The van der Waals surface area contributed by atoms with E-state index in [9.17, 15) is 26.7 Å². The first kappa shape index (κ1) is 14.9. The molecule has 0 spiro atoms. The van der Waals surface area contributed by atoms with Crippen molar-refractivity contribution >= 4 is 28.6 Å². The van der Waals surface area contributed by atoms with Crippen LogP contribution in [0.4, 0.5) is 22.0 Å². The van der Waals surface area contributed by atoms with Gasteiger partial charge in [0.05, 0.1) is 14.7 Å². The summed E-state index contributed by atoms with van der Waals surface area (Å²) < 4.78 is 63.8. The first-order valence-corrected chi connectivity index (χ1v) is 5.17. The average Bonchev–Trinajstić information content (AvgIpc) is 2.17. The van der Waals surface area contributed by atoms with Gasteiger partial charge in [-0.25, -0.2) is 18.6 Å². The molecule has 10 heteroatoms. The van der Waals surface area contributed by atoms with Gasteiger partial charge in [-0.3, -0.25) is 0 Å². The number of halogens is 6. The molecule has 0 aliphatic heterocycles. The van der Waals surface area contributed by atoms with Gasteiger partial charge in [0.25, 0.3) is 6.43 Å². The van der Waals surface area contributed by atoms with E-state index in [4.69, 9.17) is 5.11 Å².